The average molecular weight is 531 g/mol. The Morgan fingerprint density at radius 3 is 2.78 bits per heavy atom. The van der Waals surface area contributed by atoms with Gasteiger partial charge in [0.15, 0.2) is 11.4 Å². The van der Waals surface area contributed by atoms with Gasteiger partial charge in [0, 0.05) is 42.7 Å². The third kappa shape index (κ3) is 5.91. The summed E-state index contributed by atoms with van der Waals surface area (Å²) in [6, 6.07) is 2.03. The van der Waals surface area contributed by atoms with Crippen molar-refractivity contribution >= 4 is 21.6 Å². The fourth-order valence-electron chi connectivity index (χ4n) is 5.42. The van der Waals surface area contributed by atoms with E-state index >= 15 is 0 Å². The van der Waals surface area contributed by atoms with E-state index in [2.05, 4.69) is 32.4 Å². The Morgan fingerprint density at radius 2 is 2.05 bits per heavy atom. The third-order valence-electron chi connectivity index (χ3n) is 7.46. The van der Waals surface area contributed by atoms with Crippen molar-refractivity contribution in [3.63, 3.8) is 0 Å². The smallest absolute Gasteiger partial charge is 0.243 e. The molecule has 0 unspecified atom stereocenters. The van der Waals surface area contributed by atoms with E-state index in [0.717, 1.165) is 30.8 Å². The van der Waals surface area contributed by atoms with Gasteiger partial charge in [-0.3, -0.25) is 5.10 Å². The summed E-state index contributed by atoms with van der Waals surface area (Å²) in [7, 11) is -3.25. The number of H-pyrrole nitrogens is 1. The lowest BCUT2D eigenvalue weighted by Crippen LogP contribution is -2.48. The molecular weight excluding hydrogens is 492 g/mol. The molecule has 37 heavy (non-hydrogen) atoms. The number of anilines is 1. The maximum absolute atomic E-state index is 13.0. The van der Waals surface area contributed by atoms with Crippen LogP contribution in [0.3, 0.4) is 0 Å². The highest BCUT2D eigenvalue weighted by atomic mass is 32.2. The molecule has 11 nitrogen and oxygen atoms in total. The minimum absolute atomic E-state index is 0.0844. The molecule has 2 fully saturated rings. The summed E-state index contributed by atoms with van der Waals surface area (Å²) in [4.78, 5) is 7.13. The molecule has 0 amide bonds. The van der Waals surface area contributed by atoms with Crippen LogP contribution >= 0.6 is 0 Å². The molecule has 2 saturated heterocycles. The standard InChI is InChI=1S/C25H38N8O3S/c1-3-36-23-21(20-16-26-27-17-20)8-14-33-24(23)29-25(30-33)28-22-9-13-32(18-19(22)2)37(34,35)15-7-12-31-10-5-4-6-11-31/h8,14,16-17,19,22H,3-7,9-13,15,18H2,1-2H3,(H,26,27)(H,28,30)/t19-,22+/m1/s1. The van der Waals surface area contributed by atoms with E-state index in [1.165, 1.54) is 19.3 Å². The summed E-state index contributed by atoms with van der Waals surface area (Å²) < 4.78 is 35.4. The molecular formula is C25H38N8O3S. The Kier molecular flexibility index (Phi) is 7.96. The Morgan fingerprint density at radius 1 is 1.22 bits per heavy atom. The second-order valence-corrected chi connectivity index (χ2v) is 12.2. The maximum atomic E-state index is 13.0. The van der Waals surface area contributed by atoms with Gasteiger partial charge in [-0.15, -0.1) is 5.10 Å². The van der Waals surface area contributed by atoms with Crippen molar-refractivity contribution in [3.05, 3.63) is 24.7 Å². The van der Waals surface area contributed by atoms with Crippen molar-refractivity contribution < 1.29 is 13.2 Å². The Bertz CT molecular complexity index is 1270. The summed E-state index contributed by atoms with van der Waals surface area (Å²) in [5, 5.41) is 15.0. The second kappa shape index (κ2) is 11.4. The second-order valence-electron chi connectivity index (χ2n) is 10.1. The quantitative estimate of drug-likeness (QED) is 0.411. The van der Waals surface area contributed by atoms with Crippen LogP contribution in [0.5, 0.6) is 5.75 Å². The lowest BCUT2D eigenvalue weighted by Gasteiger charge is -2.36. The summed E-state index contributed by atoms with van der Waals surface area (Å²) in [6.45, 7) is 8.62. The highest BCUT2D eigenvalue weighted by Gasteiger charge is 2.33. The SMILES string of the molecule is CCOc1c(-c2cn[nH]c2)ccn2nc(N[C@H]3CCN(S(=O)(=O)CCCN4CCCCC4)C[C@H]3C)nc12. The fourth-order valence-corrected chi connectivity index (χ4v) is 7.02. The van der Waals surface area contributed by atoms with Crippen molar-refractivity contribution in [3.8, 4) is 16.9 Å². The van der Waals surface area contributed by atoms with Gasteiger partial charge in [0.1, 0.15) is 0 Å². The van der Waals surface area contributed by atoms with Gasteiger partial charge < -0.3 is 15.0 Å². The van der Waals surface area contributed by atoms with Crippen molar-refractivity contribution in [2.75, 3.05) is 50.4 Å². The largest absolute Gasteiger partial charge is 0.489 e. The molecule has 0 bridgehead atoms. The molecule has 5 heterocycles. The highest BCUT2D eigenvalue weighted by molar-refractivity contribution is 7.89. The van der Waals surface area contributed by atoms with Crippen LogP contribution in [0, 0.1) is 5.92 Å². The van der Waals surface area contributed by atoms with Gasteiger partial charge in [-0.2, -0.15) is 10.1 Å². The maximum Gasteiger partial charge on any atom is 0.243 e. The summed E-state index contributed by atoms with van der Waals surface area (Å²) >= 11 is 0. The topological polar surface area (TPSA) is 121 Å². The predicted molar refractivity (Wildman–Crippen MR) is 143 cm³/mol. The van der Waals surface area contributed by atoms with Crippen molar-refractivity contribution in [1.29, 1.82) is 0 Å². The molecule has 0 saturated carbocycles. The molecule has 2 atom stereocenters. The van der Waals surface area contributed by atoms with Gasteiger partial charge in [0.25, 0.3) is 0 Å². The Balaban J connectivity index is 1.21. The lowest BCUT2D eigenvalue weighted by atomic mass is 9.95. The van der Waals surface area contributed by atoms with Crippen molar-refractivity contribution in [2.24, 2.45) is 5.92 Å². The number of aromatic nitrogens is 5. The number of hydrogen-bond acceptors (Lipinski definition) is 8. The van der Waals surface area contributed by atoms with Gasteiger partial charge in [-0.1, -0.05) is 13.3 Å². The first-order valence-electron chi connectivity index (χ1n) is 13.4. The molecule has 2 aliphatic heterocycles. The zero-order valence-electron chi connectivity index (χ0n) is 21.8. The van der Waals surface area contributed by atoms with Crippen LogP contribution in [-0.2, 0) is 10.0 Å². The van der Waals surface area contributed by atoms with Crippen LogP contribution in [0.1, 0.15) is 46.0 Å². The van der Waals surface area contributed by atoms with E-state index in [1.807, 2.05) is 25.4 Å². The van der Waals surface area contributed by atoms with Crippen molar-refractivity contribution in [1.82, 2.24) is 34.0 Å². The third-order valence-corrected chi connectivity index (χ3v) is 9.38. The van der Waals surface area contributed by atoms with E-state index in [1.54, 1.807) is 15.0 Å². The first-order chi connectivity index (χ1) is 17.9. The number of aromatic amines is 1. The zero-order valence-corrected chi connectivity index (χ0v) is 22.6. The average Bonchev–Trinajstić information content (AvgIpc) is 3.56. The van der Waals surface area contributed by atoms with Crippen LogP contribution in [0.4, 0.5) is 5.95 Å². The number of piperidine rings is 2. The number of rotatable bonds is 10. The van der Waals surface area contributed by atoms with Crippen LogP contribution in [-0.4, -0.2) is 93.5 Å². The van der Waals surface area contributed by atoms with Crippen LogP contribution in [0.2, 0.25) is 0 Å². The van der Waals surface area contributed by atoms with E-state index < -0.39 is 10.0 Å². The summed E-state index contributed by atoms with van der Waals surface area (Å²) in [5.74, 6) is 1.53. The van der Waals surface area contributed by atoms with Crippen LogP contribution in [0.15, 0.2) is 24.7 Å². The molecule has 202 valence electrons. The number of ether oxygens (including phenoxy) is 1. The molecule has 2 N–H and O–H groups in total. The Labute approximate surface area is 218 Å². The number of pyridine rings is 1. The monoisotopic (exact) mass is 530 g/mol. The van der Waals surface area contributed by atoms with Gasteiger partial charge in [0.05, 0.1) is 18.6 Å². The number of sulfonamides is 1. The predicted octanol–water partition coefficient (Wildman–Crippen LogP) is 2.85. The number of nitrogens with zero attached hydrogens (tertiary/aromatic N) is 6. The molecule has 2 aliphatic rings. The molecule has 3 aromatic rings. The molecule has 3 aromatic heterocycles. The van der Waals surface area contributed by atoms with E-state index in [4.69, 9.17) is 9.72 Å². The van der Waals surface area contributed by atoms with Gasteiger partial charge >= 0.3 is 0 Å². The first kappa shape index (κ1) is 25.9. The first-order valence-corrected chi connectivity index (χ1v) is 15.0. The normalized spacial score (nSPS) is 21.9. The minimum Gasteiger partial charge on any atom is -0.489 e. The lowest BCUT2D eigenvalue weighted by molar-refractivity contribution is 0.228. The highest BCUT2D eigenvalue weighted by Crippen LogP contribution is 2.33. The van der Waals surface area contributed by atoms with Crippen LogP contribution in [0.25, 0.3) is 16.8 Å². The minimum atomic E-state index is -3.25. The Hall–Kier alpha value is -2.70. The van der Waals surface area contributed by atoms with E-state index in [9.17, 15) is 8.42 Å². The summed E-state index contributed by atoms with van der Waals surface area (Å²) in [6.07, 6.45) is 10.6. The molecule has 0 radical (unpaired) electrons. The molecule has 0 aliphatic carbocycles. The van der Waals surface area contributed by atoms with Gasteiger partial charge in [-0.25, -0.2) is 17.2 Å². The van der Waals surface area contributed by atoms with E-state index in [-0.39, 0.29) is 17.7 Å². The molecule has 12 heteroatoms. The van der Waals surface area contributed by atoms with Gasteiger partial charge in [-0.05, 0) is 64.2 Å². The fraction of sp³-hybridized carbons (Fsp3) is 0.640. The van der Waals surface area contributed by atoms with Gasteiger partial charge in [0.2, 0.25) is 16.0 Å². The number of hydrogen-bond donors (Lipinski definition) is 2. The molecule has 0 spiro atoms. The number of fused-ring (bicyclic) bond motifs is 1. The van der Waals surface area contributed by atoms with Crippen molar-refractivity contribution in [2.45, 2.75) is 52.0 Å². The van der Waals surface area contributed by atoms with E-state index in [0.29, 0.717) is 49.9 Å². The zero-order chi connectivity index (χ0) is 25.8. The summed E-state index contributed by atoms with van der Waals surface area (Å²) in [5.41, 5.74) is 2.44. The van der Waals surface area contributed by atoms with Crippen LogP contribution < -0.4 is 10.1 Å². The number of likely N-dealkylation sites (tertiary alicyclic amines) is 1. The number of nitrogens with one attached hydrogen (secondary N) is 2. The molecule has 5 rings (SSSR count). The molecule has 0 aromatic carbocycles.